The van der Waals surface area contributed by atoms with Crippen molar-refractivity contribution < 1.29 is 4.74 Å². The van der Waals surface area contributed by atoms with Gasteiger partial charge in [0, 0.05) is 43.7 Å². The number of aromatic nitrogens is 3. The van der Waals surface area contributed by atoms with E-state index in [0.717, 1.165) is 29.9 Å². The number of methoxy groups -OCH3 is 1. The Hall–Kier alpha value is -1.72. The molecule has 0 bridgehead atoms. The van der Waals surface area contributed by atoms with Crippen molar-refractivity contribution >= 4 is 0 Å². The lowest BCUT2D eigenvalue weighted by molar-refractivity contribution is 0.199. The van der Waals surface area contributed by atoms with Crippen molar-refractivity contribution in [3.63, 3.8) is 0 Å². The summed E-state index contributed by atoms with van der Waals surface area (Å²) in [4.78, 5) is 4.00. The van der Waals surface area contributed by atoms with Gasteiger partial charge in [0.05, 0.1) is 18.5 Å². The molecule has 2 aromatic heterocycles. The first-order valence-corrected chi connectivity index (χ1v) is 5.54. The fourth-order valence-electron chi connectivity index (χ4n) is 1.61. The van der Waals surface area contributed by atoms with Crippen LogP contribution in [0.4, 0.5) is 0 Å². The third-order valence-corrected chi connectivity index (χ3v) is 2.49. The second kappa shape index (κ2) is 6.12. The fourth-order valence-corrected chi connectivity index (χ4v) is 1.61. The number of aromatic amines is 1. The molecule has 0 aliphatic rings. The number of nitrogens with zero attached hydrogens (tertiary/aromatic N) is 2. The Balaban J connectivity index is 2.02. The molecule has 0 aliphatic carbocycles. The van der Waals surface area contributed by atoms with Crippen LogP contribution in [0.2, 0.25) is 0 Å². The van der Waals surface area contributed by atoms with Gasteiger partial charge in [-0.3, -0.25) is 10.1 Å². The van der Waals surface area contributed by atoms with E-state index in [1.807, 2.05) is 18.3 Å². The van der Waals surface area contributed by atoms with Gasteiger partial charge in [-0.05, 0) is 12.1 Å². The van der Waals surface area contributed by atoms with Gasteiger partial charge in [0.15, 0.2) is 0 Å². The molecule has 0 amide bonds. The van der Waals surface area contributed by atoms with E-state index in [-0.39, 0.29) is 0 Å². The summed E-state index contributed by atoms with van der Waals surface area (Å²) in [5.41, 5.74) is 3.28. The second-order valence-electron chi connectivity index (χ2n) is 3.68. The molecule has 0 aliphatic heterocycles. The number of H-pyrrole nitrogens is 1. The van der Waals surface area contributed by atoms with Crippen molar-refractivity contribution in [2.75, 3.05) is 20.3 Å². The first-order valence-electron chi connectivity index (χ1n) is 5.54. The molecule has 0 radical (unpaired) electrons. The number of ether oxygens (including phenoxy) is 1. The highest BCUT2D eigenvalue weighted by Crippen LogP contribution is 2.19. The summed E-state index contributed by atoms with van der Waals surface area (Å²) in [5, 5.41) is 10.4. The van der Waals surface area contributed by atoms with Crippen LogP contribution in [0.3, 0.4) is 0 Å². The van der Waals surface area contributed by atoms with E-state index in [0.29, 0.717) is 6.61 Å². The molecule has 5 nitrogen and oxygen atoms in total. The van der Waals surface area contributed by atoms with Crippen LogP contribution in [0.1, 0.15) is 5.56 Å². The maximum Gasteiger partial charge on any atom is 0.0696 e. The molecular formula is C12H16N4O. The average Bonchev–Trinajstić information content (AvgIpc) is 2.84. The Morgan fingerprint density at radius 1 is 1.35 bits per heavy atom. The normalized spacial score (nSPS) is 10.6. The monoisotopic (exact) mass is 232 g/mol. The van der Waals surface area contributed by atoms with E-state index in [2.05, 4.69) is 20.5 Å². The first-order chi connectivity index (χ1) is 8.42. The van der Waals surface area contributed by atoms with Gasteiger partial charge in [-0.15, -0.1) is 0 Å². The van der Waals surface area contributed by atoms with Crippen LogP contribution in [-0.2, 0) is 11.3 Å². The first kappa shape index (κ1) is 11.8. The lowest BCUT2D eigenvalue weighted by atomic mass is 10.1. The van der Waals surface area contributed by atoms with Crippen LogP contribution in [0.5, 0.6) is 0 Å². The van der Waals surface area contributed by atoms with Gasteiger partial charge in [-0.2, -0.15) is 5.10 Å². The van der Waals surface area contributed by atoms with Crippen molar-refractivity contribution in [3.8, 4) is 11.3 Å². The number of hydrogen-bond donors (Lipinski definition) is 2. The number of hydrogen-bond acceptors (Lipinski definition) is 4. The molecule has 2 aromatic rings. The largest absolute Gasteiger partial charge is 0.383 e. The highest BCUT2D eigenvalue weighted by molar-refractivity contribution is 5.61. The van der Waals surface area contributed by atoms with E-state index in [1.165, 1.54) is 0 Å². The molecule has 0 saturated heterocycles. The predicted octanol–water partition coefficient (Wildman–Crippen LogP) is 1.21. The summed E-state index contributed by atoms with van der Waals surface area (Å²) < 4.78 is 4.98. The quantitative estimate of drug-likeness (QED) is 0.735. The summed E-state index contributed by atoms with van der Waals surface area (Å²) in [6.45, 7) is 2.32. The van der Waals surface area contributed by atoms with Gasteiger partial charge in [0.25, 0.3) is 0 Å². The van der Waals surface area contributed by atoms with Crippen molar-refractivity contribution in [3.05, 3.63) is 36.3 Å². The molecule has 0 saturated carbocycles. The van der Waals surface area contributed by atoms with Crippen molar-refractivity contribution in [2.45, 2.75) is 6.54 Å². The van der Waals surface area contributed by atoms with E-state index in [9.17, 15) is 0 Å². The zero-order valence-electron chi connectivity index (χ0n) is 9.81. The van der Waals surface area contributed by atoms with Crippen LogP contribution >= 0.6 is 0 Å². The smallest absolute Gasteiger partial charge is 0.0696 e. The summed E-state index contributed by atoms with van der Waals surface area (Å²) >= 11 is 0. The third kappa shape index (κ3) is 3.12. The second-order valence-corrected chi connectivity index (χ2v) is 3.68. The number of nitrogens with one attached hydrogen (secondary N) is 2. The zero-order valence-corrected chi connectivity index (χ0v) is 9.81. The molecule has 90 valence electrons. The van der Waals surface area contributed by atoms with Crippen LogP contribution in [0, 0.1) is 0 Å². The topological polar surface area (TPSA) is 62.8 Å². The number of rotatable bonds is 6. The predicted molar refractivity (Wildman–Crippen MR) is 65.4 cm³/mol. The third-order valence-electron chi connectivity index (χ3n) is 2.49. The molecule has 0 aromatic carbocycles. The molecule has 2 heterocycles. The van der Waals surface area contributed by atoms with Gasteiger partial charge >= 0.3 is 0 Å². The molecule has 0 unspecified atom stereocenters. The molecule has 2 rings (SSSR count). The summed E-state index contributed by atoms with van der Waals surface area (Å²) in [7, 11) is 1.70. The minimum absolute atomic E-state index is 0.711. The summed E-state index contributed by atoms with van der Waals surface area (Å²) in [5.74, 6) is 0. The van der Waals surface area contributed by atoms with E-state index >= 15 is 0 Å². The van der Waals surface area contributed by atoms with Gasteiger partial charge in [-0.25, -0.2) is 0 Å². The van der Waals surface area contributed by atoms with Gasteiger partial charge in [0.1, 0.15) is 0 Å². The summed E-state index contributed by atoms with van der Waals surface area (Å²) in [6.07, 6.45) is 5.40. The highest BCUT2D eigenvalue weighted by Gasteiger charge is 2.06. The van der Waals surface area contributed by atoms with Crippen LogP contribution in [0.25, 0.3) is 11.3 Å². The van der Waals surface area contributed by atoms with Gasteiger partial charge < -0.3 is 10.1 Å². The Kier molecular flexibility index (Phi) is 4.23. The SMILES string of the molecule is COCCNCc1cn[nH]c1-c1ccncc1. The standard InChI is InChI=1S/C12H16N4O/c1-17-7-6-14-8-11-9-15-16-12(11)10-2-4-13-5-3-10/h2-5,9,14H,6-8H2,1H3,(H,15,16). The fraction of sp³-hybridized carbons (Fsp3) is 0.333. The van der Waals surface area contributed by atoms with E-state index in [4.69, 9.17) is 4.74 Å². The Morgan fingerprint density at radius 3 is 2.94 bits per heavy atom. The van der Waals surface area contributed by atoms with E-state index < -0.39 is 0 Å². The Labute approximate surface area is 100 Å². The van der Waals surface area contributed by atoms with E-state index in [1.54, 1.807) is 19.5 Å². The molecule has 5 heteroatoms. The Bertz CT molecular complexity index is 441. The molecule has 0 atom stereocenters. The number of pyridine rings is 1. The van der Waals surface area contributed by atoms with Gasteiger partial charge in [0.2, 0.25) is 0 Å². The van der Waals surface area contributed by atoms with Crippen LogP contribution in [-0.4, -0.2) is 35.4 Å². The molecule has 0 spiro atoms. The lowest BCUT2D eigenvalue weighted by Crippen LogP contribution is -2.18. The minimum atomic E-state index is 0.711. The highest BCUT2D eigenvalue weighted by atomic mass is 16.5. The maximum atomic E-state index is 4.98. The average molecular weight is 232 g/mol. The van der Waals surface area contributed by atoms with Crippen LogP contribution < -0.4 is 5.32 Å². The molecule has 2 N–H and O–H groups in total. The molecular weight excluding hydrogens is 216 g/mol. The van der Waals surface area contributed by atoms with Crippen molar-refractivity contribution in [2.24, 2.45) is 0 Å². The molecule has 17 heavy (non-hydrogen) atoms. The Morgan fingerprint density at radius 2 is 2.18 bits per heavy atom. The van der Waals surface area contributed by atoms with Gasteiger partial charge in [-0.1, -0.05) is 0 Å². The van der Waals surface area contributed by atoms with Crippen molar-refractivity contribution in [1.82, 2.24) is 20.5 Å². The minimum Gasteiger partial charge on any atom is -0.383 e. The summed E-state index contributed by atoms with van der Waals surface area (Å²) in [6, 6.07) is 3.93. The lowest BCUT2D eigenvalue weighted by Gasteiger charge is -2.05. The van der Waals surface area contributed by atoms with Crippen molar-refractivity contribution in [1.29, 1.82) is 0 Å². The van der Waals surface area contributed by atoms with Crippen LogP contribution in [0.15, 0.2) is 30.7 Å². The molecule has 0 fully saturated rings. The maximum absolute atomic E-state index is 4.98. The zero-order chi connectivity index (χ0) is 11.9.